The van der Waals surface area contributed by atoms with Gasteiger partial charge < -0.3 is 15.1 Å². The number of rotatable bonds is 1. The third-order valence-corrected chi connectivity index (χ3v) is 2.08. The zero-order chi connectivity index (χ0) is 8.65. The van der Waals surface area contributed by atoms with E-state index in [-0.39, 0.29) is 6.04 Å². The SMILES string of the molecule is CC(C)(O)[C@@H]1CCN1C(=O)O. The molecule has 0 aliphatic carbocycles. The van der Waals surface area contributed by atoms with Gasteiger partial charge in [-0.1, -0.05) is 0 Å². The highest BCUT2D eigenvalue weighted by Gasteiger charge is 2.41. The molecule has 0 saturated carbocycles. The Labute approximate surface area is 65.4 Å². The van der Waals surface area contributed by atoms with Crippen molar-refractivity contribution in [2.24, 2.45) is 0 Å². The van der Waals surface area contributed by atoms with Crippen molar-refractivity contribution < 1.29 is 15.0 Å². The number of carbonyl (C=O) groups is 1. The van der Waals surface area contributed by atoms with Crippen molar-refractivity contribution in [2.75, 3.05) is 6.54 Å². The van der Waals surface area contributed by atoms with Crippen molar-refractivity contribution in [1.82, 2.24) is 4.90 Å². The summed E-state index contributed by atoms with van der Waals surface area (Å²) in [6.07, 6.45) is -0.182. The van der Waals surface area contributed by atoms with Gasteiger partial charge in [-0.05, 0) is 20.3 Å². The first-order valence-corrected chi connectivity index (χ1v) is 3.65. The fraction of sp³-hybridized carbons (Fsp3) is 0.857. The lowest BCUT2D eigenvalue weighted by Crippen LogP contribution is -2.60. The quantitative estimate of drug-likeness (QED) is 0.586. The number of nitrogens with zero attached hydrogens (tertiary/aromatic N) is 1. The van der Waals surface area contributed by atoms with E-state index in [1.54, 1.807) is 13.8 Å². The van der Waals surface area contributed by atoms with Gasteiger partial charge in [-0.2, -0.15) is 0 Å². The van der Waals surface area contributed by atoms with E-state index in [0.717, 1.165) is 6.42 Å². The molecule has 1 aliphatic heterocycles. The van der Waals surface area contributed by atoms with Gasteiger partial charge in [0.25, 0.3) is 0 Å². The van der Waals surface area contributed by atoms with E-state index < -0.39 is 11.7 Å². The van der Waals surface area contributed by atoms with Crippen LogP contribution in [0.4, 0.5) is 4.79 Å². The summed E-state index contributed by atoms with van der Waals surface area (Å²) in [4.78, 5) is 11.7. The Hall–Kier alpha value is -0.770. The van der Waals surface area contributed by atoms with Crippen molar-refractivity contribution in [3.05, 3.63) is 0 Å². The van der Waals surface area contributed by atoms with E-state index in [0.29, 0.717) is 6.54 Å². The van der Waals surface area contributed by atoms with Crippen molar-refractivity contribution in [2.45, 2.75) is 31.9 Å². The second kappa shape index (κ2) is 2.37. The van der Waals surface area contributed by atoms with Gasteiger partial charge in [0.05, 0.1) is 11.6 Å². The molecule has 2 N–H and O–H groups in total. The topological polar surface area (TPSA) is 60.8 Å². The van der Waals surface area contributed by atoms with Crippen molar-refractivity contribution in [3.8, 4) is 0 Å². The number of carboxylic acid groups (broad SMARTS) is 1. The molecule has 1 atom stereocenters. The summed E-state index contributed by atoms with van der Waals surface area (Å²) >= 11 is 0. The number of hydrogen-bond donors (Lipinski definition) is 2. The Kier molecular flexibility index (Phi) is 1.80. The van der Waals surface area contributed by atoms with Gasteiger partial charge in [0.2, 0.25) is 0 Å². The number of hydrogen-bond acceptors (Lipinski definition) is 2. The Morgan fingerprint density at radius 1 is 1.64 bits per heavy atom. The molecule has 0 unspecified atom stereocenters. The van der Waals surface area contributed by atoms with E-state index in [9.17, 15) is 9.90 Å². The van der Waals surface area contributed by atoms with E-state index in [1.165, 1.54) is 4.90 Å². The third-order valence-electron chi connectivity index (χ3n) is 2.08. The zero-order valence-corrected chi connectivity index (χ0v) is 6.74. The van der Waals surface area contributed by atoms with Crippen LogP contribution in [-0.2, 0) is 0 Å². The molecule has 1 saturated heterocycles. The number of aliphatic hydroxyl groups is 1. The zero-order valence-electron chi connectivity index (χ0n) is 6.74. The first-order valence-electron chi connectivity index (χ1n) is 3.65. The minimum Gasteiger partial charge on any atom is -0.465 e. The predicted octanol–water partition coefficient (Wildman–Crippen LogP) is 0.510. The highest BCUT2D eigenvalue weighted by Crippen LogP contribution is 2.27. The molecular formula is C7H13NO3. The summed E-state index contributed by atoms with van der Waals surface area (Å²) in [6, 6.07) is -0.222. The van der Waals surface area contributed by atoms with E-state index in [4.69, 9.17) is 5.11 Å². The normalized spacial score (nSPS) is 24.6. The van der Waals surface area contributed by atoms with Crippen molar-refractivity contribution in [1.29, 1.82) is 0 Å². The largest absolute Gasteiger partial charge is 0.465 e. The highest BCUT2D eigenvalue weighted by atomic mass is 16.4. The first kappa shape index (κ1) is 8.33. The summed E-state index contributed by atoms with van der Waals surface area (Å²) in [6.45, 7) is 3.81. The Bertz CT molecular complexity index is 173. The van der Waals surface area contributed by atoms with Crippen LogP contribution in [0.3, 0.4) is 0 Å². The van der Waals surface area contributed by atoms with Gasteiger partial charge in [0.15, 0.2) is 0 Å². The minimum absolute atomic E-state index is 0.222. The molecule has 0 bridgehead atoms. The predicted molar refractivity (Wildman–Crippen MR) is 39.4 cm³/mol. The van der Waals surface area contributed by atoms with Crippen LogP contribution in [-0.4, -0.2) is 39.4 Å². The summed E-state index contributed by atoms with van der Waals surface area (Å²) in [5.74, 6) is 0. The molecular weight excluding hydrogens is 146 g/mol. The van der Waals surface area contributed by atoms with Crippen LogP contribution < -0.4 is 0 Å². The maximum absolute atomic E-state index is 10.5. The number of amides is 1. The second-order valence-corrected chi connectivity index (χ2v) is 3.43. The molecule has 1 aliphatic rings. The fourth-order valence-electron chi connectivity index (χ4n) is 1.35. The smallest absolute Gasteiger partial charge is 0.407 e. The van der Waals surface area contributed by atoms with E-state index >= 15 is 0 Å². The van der Waals surface area contributed by atoms with Crippen LogP contribution in [0.2, 0.25) is 0 Å². The van der Waals surface area contributed by atoms with E-state index in [1.807, 2.05) is 0 Å². The summed E-state index contributed by atoms with van der Waals surface area (Å²) in [5, 5.41) is 18.0. The molecule has 0 aromatic rings. The van der Waals surface area contributed by atoms with Crippen molar-refractivity contribution in [3.63, 3.8) is 0 Å². The maximum Gasteiger partial charge on any atom is 0.407 e. The van der Waals surface area contributed by atoms with Crippen LogP contribution >= 0.6 is 0 Å². The molecule has 0 aromatic heterocycles. The third kappa shape index (κ3) is 1.45. The van der Waals surface area contributed by atoms with Gasteiger partial charge in [-0.15, -0.1) is 0 Å². The lowest BCUT2D eigenvalue weighted by atomic mass is 9.88. The average molecular weight is 159 g/mol. The Balaban J connectivity index is 2.57. The van der Waals surface area contributed by atoms with Crippen LogP contribution in [0, 0.1) is 0 Å². The molecule has 0 spiro atoms. The number of likely N-dealkylation sites (tertiary alicyclic amines) is 1. The monoisotopic (exact) mass is 159 g/mol. The molecule has 0 aromatic carbocycles. The van der Waals surface area contributed by atoms with Gasteiger partial charge in [-0.3, -0.25) is 0 Å². The maximum atomic E-state index is 10.5. The molecule has 1 heterocycles. The highest BCUT2D eigenvalue weighted by molar-refractivity contribution is 5.66. The molecule has 1 rings (SSSR count). The molecule has 1 fully saturated rings. The molecule has 64 valence electrons. The van der Waals surface area contributed by atoms with Crippen molar-refractivity contribution >= 4 is 6.09 Å². The van der Waals surface area contributed by atoms with Crippen LogP contribution in [0.15, 0.2) is 0 Å². The minimum atomic E-state index is -0.941. The Morgan fingerprint density at radius 3 is 2.27 bits per heavy atom. The molecule has 4 nitrogen and oxygen atoms in total. The summed E-state index contributed by atoms with van der Waals surface area (Å²) < 4.78 is 0. The van der Waals surface area contributed by atoms with Crippen LogP contribution in [0.5, 0.6) is 0 Å². The lowest BCUT2D eigenvalue weighted by Gasteiger charge is -2.45. The van der Waals surface area contributed by atoms with Gasteiger partial charge in [0.1, 0.15) is 0 Å². The fourth-order valence-corrected chi connectivity index (χ4v) is 1.35. The second-order valence-electron chi connectivity index (χ2n) is 3.43. The molecule has 4 heteroatoms. The lowest BCUT2D eigenvalue weighted by molar-refractivity contribution is -0.0575. The standard InChI is InChI=1S/C7H13NO3/c1-7(2,11)5-3-4-8(5)6(9)10/h5,11H,3-4H2,1-2H3,(H,9,10)/t5-/m0/s1. The van der Waals surface area contributed by atoms with Gasteiger partial charge in [-0.25, -0.2) is 4.79 Å². The van der Waals surface area contributed by atoms with Gasteiger partial charge >= 0.3 is 6.09 Å². The summed E-state index contributed by atoms with van der Waals surface area (Å²) in [7, 11) is 0. The van der Waals surface area contributed by atoms with Gasteiger partial charge in [0, 0.05) is 6.54 Å². The van der Waals surface area contributed by atoms with E-state index in [2.05, 4.69) is 0 Å². The average Bonchev–Trinajstić information content (AvgIpc) is 1.51. The first-order chi connectivity index (χ1) is 4.93. The molecule has 1 amide bonds. The molecule has 11 heavy (non-hydrogen) atoms. The Morgan fingerprint density at radius 2 is 2.18 bits per heavy atom. The summed E-state index contributed by atoms with van der Waals surface area (Å²) in [5.41, 5.74) is -0.906. The van der Waals surface area contributed by atoms with Crippen LogP contribution in [0.1, 0.15) is 20.3 Å². The molecule has 0 radical (unpaired) electrons. The van der Waals surface area contributed by atoms with Crippen LogP contribution in [0.25, 0.3) is 0 Å².